The summed E-state index contributed by atoms with van der Waals surface area (Å²) >= 11 is 0. The van der Waals surface area contributed by atoms with Gasteiger partial charge in [0.25, 0.3) is 0 Å². The fourth-order valence-electron chi connectivity index (χ4n) is 2.38. The summed E-state index contributed by atoms with van der Waals surface area (Å²) < 4.78 is 5.20. The predicted molar refractivity (Wildman–Crippen MR) is 87.4 cm³/mol. The Bertz CT molecular complexity index is 660. The highest BCUT2D eigenvalue weighted by Crippen LogP contribution is 2.25. The van der Waals surface area contributed by atoms with Crippen LogP contribution in [0.3, 0.4) is 0 Å². The van der Waals surface area contributed by atoms with Crippen LogP contribution in [0.2, 0.25) is 0 Å². The van der Waals surface area contributed by atoms with Crippen LogP contribution < -0.4 is 5.43 Å². The van der Waals surface area contributed by atoms with Gasteiger partial charge in [0, 0.05) is 5.56 Å². The minimum absolute atomic E-state index is 0. The molecule has 4 nitrogen and oxygen atoms in total. The normalized spacial score (nSPS) is 16.0. The second kappa shape index (κ2) is 6.14. The number of fused-ring (bicyclic) bond motifs is 1. The number of hydrazone groups is 1. The Balaban J connectivity index is 0.00000161. The average Bonchev–Trinajstić information content (AvgIpc) is 2.90. The molecule has 0 saturated heterocycles. The van der Waals surface area contributed by atoms with Crippen LogP contribution >= 0.6 is 12.4 Å². The quantitative estimate of drug-likeness (QED) is 0.683. The number of benzene rings is 1. The van der Waals surface area contributed by atoms with Crippen molar-refractivity contribution in [3.63, 3.8) is 0 Å². The molecule has 0 aliphatic carbocycles. The molecule has 0 unspecified atom stereocenters. The molecule has 0 spiro atoms. The highest BCUT2D eigenvalue weighted by molar-refractivity contribution is 6.01. The minimum Gasteiger partial charge on any atom is -0.463 e. The fourth-order valence-corrected chi connectivity index (χ4v) is 2.38. The van der Waals surface area contributed by atoms with Crippen LogP contribution in [-0.2, 0) is 6.42 Å². The van der Waals surface area contributed by atoms with E-state index in [-0.39, 0.29) is 17.9 Å². The van der Waals surface area contributed by atoms with Crippen molar-refractivity contribution in [2.75, 3.05) is 0 Å². The first-order valence-electron chi connectivity index (χ1n) is 6.65. The molecular formula is C16H18ClN3O. The van der Waals surface area contributed by atoms with E-state index in [2.05, 4.69) is 42.6 Å². The molecule has 5 heteroatoms. The summed E-state index contributed by atoms with van der Waals surface area (Å²) in [6.45, 7) is 4.25. The minimum atomic E-state index is -0.114. The third-order valence-corrected chi connectivity index (χ3v) is 3.22. The van der Waals surface area contributed by atoms with Crippen molar-refractivity contribution >= 4 is 24.5 Å². The van der Waals surface area contributed by atoms with Crippen LogP contribution in [0, 0.1) is 0 Å². The predicted octanol–water partition coefficient (Wildman–Crippen LogP) is 3.41. The molecule has 1 aromatic heterocycles. The molecule has 2 heterocycles. The zero-order valence-electron chi connectivity index (χ0n) is 12.0. The summed E-state index contributed by atoms with van der Waals surface area (Å²) in [7, 11) is 0. The summed E-state index contributed by atoms with van der Waals surface area (Å²) in [6.07, 6.45) is 4.21. The first-order valence-corrected chi connectivity index (χ1v) is 6.65. The lowest BCUT2D eigenvalue weighted by Gasteiger charge is -2.28. The van der Waals surface area contributed by atoms with Crippen LogP contribution in [0.5, 0.6) is 0 Å². The topological polar surface area (TPSA) is 49.9 Å². The van der Waals surface area contributed by atoms with E-state index >= 15 is 0 Å². The van der Waals surface area contributed by atoms with E-state index in [4.69, 9.17) is 9.41 Å². The Kier molecular flexibility index (Phi) is 4.48. The lowest BCUT2D eigenvalue weighted by Crippen LogP contribution is -2.34. The lowest BCUT2D eigenvalue weighted by molar-refractivity contribution is 0.509. The monoisotopic (exact) mass is 303 g/mol. The number of rotatable bonds is 2. The van der Waals surface area contributed by atoms with Gasteiger partial charge in [-0.25, -0.2) is 0 Å². The van der Waals surface area contributed by atoms with Crippen LogP contribution in [0.1, 0.15) is 30.7 Å². The van der Waals surface area contributed by atoms with E-state index in [0.29, 0.717) is 5.76 Å². The Morgan fingerprint density at radius 3 is 2.81 bits per heavy atom. The van der Waals surface area contributed by atoms with Gasteiger partial charge in [0.1, 0.15) is 11.6 Å². The summed E-state index contributed by atoms with van der Waals surface area (Å²) in [5.41, 5.74) is 5.33. The van der Waals surface area contributed by atoms with Crippen LogP contribution in [0.15, 0.2) is 57.2 Å². The summed E-state index contributed by atoms with van der Waals surface area (Å²) in [4.78, 5) is 4.74. The van der Waals surface area contributed by atoms with Gasteiger partial charge in [-0.1, -0.05) is 24.3 Å². The number of nitrogens with one attached hydrogen (secondary N) is 1. The maximum Gasteiger partial charge on any atom is 0.149 e. The smallest absolute Gasteiger partial charge is 0.149 e. The first kappa shape index (κ1) is 15.3. The Hall–Kier alpha value is -2.07. The van der Waals surface area contributed by atoms with Crippen molar-refractivity contribution < 1.29 is 4.42 Å². The molecule has 0 saturated carbocycles. The molecule has 3 rings (SSSR count). The highest BCUT2D eigenvalue weighted by atomic mass is 35.5. The van der Waals surface area contributed by atoms with Gasteiger partial charge >= 0.3 is 0 Å². The maximum absolute atomic E-state index is 5.20. The Labute approximate surface area is 130 Å². The van der Waals surface area contributed by atoms with Gasteiger partial charge in [-0.05, 0) is 38.0 Å². The largest absolute Gasteiger partial charge is 0.463 e. The van der Waals surface area contributed by atoms with Gasteiger partial charge in [0.05, 0.1) is 18.0 Å². The molecule has 21 heavy (non-hydrogen) atoms. The zero-order chi connectivity index (χ0) is 14.0. The first-order chi connectivity index (χ1) is 9.64. The molecule has 0 amide bonds. The van der Waals surface area contributed by atoms with E-state index in [1.54, 1.807) is 12.5 Å². The Morgan fingerprint density at radius 1 is 1.24 bits per heavy atom. The second-order valence-corrected chi connectivity index (χ2v) is 5.49. The summed E-state index contributed by atoms with van der Waals surface area (Å²) in [5, 5.41) is 4.20. The van der Waals surface area contributed by atoms with E-state index in [9.17, 15) is 0 Å². The SMILES string of the molecule is CC1(C)Cc2ccccc2C(N/N=C/c2ccco2)=N1.Cl. The number of hydrogen-bond acceptors (Lipinski definition) is 4. The van der Waals surface area contributed by atoms with Crippen LogP contribution in [0.4, 0.5) is 0 Å². The molecule has 1 aliphatic heterocycles. The third-order valence-electron chi connectivity index (χ3n) is 3.22. The van der Waals surface area contributed by atoms with Gasteiger partial charge < -0.3 is 4.42 Å². The highest BCUT2D eigenvalue weighted by Gasteiger charge is 2.26. The average molecular weight is 304 g/mol. The standard InChI is InChI=1S/C16H17N3O.ClH/c1-16(2)10-12-6-3-4-8-14(12)15(18-16)19-17-11-13-7-5-9-20-13;/h3-9,11H,10H2,1-2H3,(H,18,19);1H/b17-11+;. The molecule has 1 N–H and O–H groups in total. The van der Waals surface area contributed by atoms with Gasteiger partial charge in [0.15, 0.2) is 0 Å². The number of aliphatic imine (C=N–C) groups is 1. The summed E-state index contributed by atoms with van der Waals surface area (Å²) in [6, 6.07) is 12.0. The molecule has 1 aromatic carbocycles. The molecule has 0 bridgehead atoms. The zero-order valence-corrected chi connectivity index (χ0v) is 12.9. The molecule has 110 valence electrons. The van der Waals surface area contributed by atoms with E-state index in [1.807, 2.05) is 18.2 Å². The number of hydrogen-bond donors (Lipinski definition) is 1. The van der Waals surface area contributed by atoms with Gasteiger partial charge in [0.2, 0.25) is 0 Å². The number of furan rings is 1. The van der Waals surface area contributed by atoms with E-state index in [1.165, 1.54) is 5.56 Å². The summed E-state index contributed by atoms with van der Waals surface area (Å²) in [5.74, 6) is 1.51. The molecular weight excluding hydrogens is 286 g/mol. The van der Waals surface area contributed by atoms with Crippen molar-refractivity contribution in [2.24, 2.45) is 10.1 Å². The van der Waals surface area contributed by atoms with E-state index in [0.717, 1.165) is 17.8 Å². The molecule has 0 radical (unpaired) electrons. The fraction of sp³-hybridized carbons (Fsp3) is 0.250. The number of halogens is 1. The molecule has 0 atom stereocenters. The number of amidine groups is 1. The lowest BCUT2D eigenvalue weighted by atomic mass is 9.89. The second-order valence-electron chi connectivity index (χ2n) is 5.49. The van der Waals surface area contributed by atoms with Crippen LogP contribution in [0.25, 0.3) is 0 Å². The third kappa shape index (κ3) is 3.52. The van der Waals surface area contributed by atoms with Crippen molar-refractivity contribution in [3.8, 4) is 0 Å². The van der Waals surface area contributed by atoms with Crippen molar-refractivity contribution in [2.45, 2.75) is 25.8 Å². The maximum atomic E-state index is 5.20. The van der Waals surface area contributed by atoms with Gasteiger partial charge in [-0.3, -0.25) is 10.4 Å². The van der Waals surface area contributed by atoms with E-state index < -0.39 is 0 Å². The molecule has 0 fully saturated rings. The van der Waals surface area contributed by atoms with Crippen molar-refractivity contribution in [3.05, 3.63) is 59.5 Å². The van der Waals surface area contributed by atoms with Gasteiger partial charge in [-0.2, -0.15) is 5.10 Å². The van der Waals surface area contributed by atoms with Gasteiger partial charge in [-0.15, -0.1) is 12.4 Å². The molecule has 2 aromatic rings. The van der Waals surface area contributed by atoms with Crippen molar-refractivity contribution in [1.82, 2.24) is 5.43 Å². The number of nitrogens with zero attached hydrogens (tertiary/aromatic N) is 2. The molecule has 1 aliphatic rings. The Morgan fingerprint density at radius 2 is 2.05 bits per heavy atom. The van der Waals surface area contributed by atoms with Crippen LogP contribution in [-0.4, -0.2) is 17.6 Å². The van der Waals surface area contributed by atoms with Crippen molar-refractivity contribution in [1.29, 1.82) is 0 Å².